The maximum absolute atomic E-state index is 6.67. The highest BCUT2D eigenvalue weighted by Gasteiger charge is 2.46. The quantitative estimate of drug-likeness (QED) is 0.153. The fraction of sp³-hybridized carbons (Fsp3) is 0.0156. The summed E-state index contributed by atoms with van der Waals surface area (Å²) in [5, 5.41) is 1.95. The van der Waals surface area contributed by atoms with Crippen LogP contribution >= 0.6 is 0 Å². The molecule has 2 heterocycles. The van der Waals surface area contributed by atoms with E-state index in [1.807, 2.05) is 30.3 Å². The highest BCUT2D eigenvalue weighted by molar-refractivity contribution is 6.13. The molecular formula is C64H41N3O. The Morgan fingerprint density at radius 3 is 1.51 bits per heavy atom. The number of fused-ring (bicyclic) bond motifs is 6. The molecular weight excluding hydrogens is 827 g/mol. The second kappa shape index (κ2) is 16.2. The van der Waals surface area contributed by atoms with E-state index in [0.29, 0.717) is 17.5 Å². The summed E-state index contributed by atoms with van der Waals surface area (Å²) in [7, 11) is 0. The van der Waals surface area contributed by atoms with Crippen LogP contribution in [0.2, 0.25) is 0 Å². The number of nitrogens with zero attached hydrogens (tertiary/aromatic N) is 3. The van der Waals surface area contributed by atoms with Crippen LogP contribution in [0.15, 0.2) is 253 Å². The van der Waals surface area contributed by atoms with E-state index in [1.165, 1.54) is 33.4 Å². The summed E-state index contributed by atoms with van der Waals surface area (Å²) in [6.45, 7) is 0. The van der Waals surface area contributed by atoms with Crippen LogP contribution in [0.25, 0.3) is 101 Å². The van der Waals surface area contributed by atoms with Gasteiger partial charge >= 0.3 is 0 Å². The van der Waals surface area contributed by atoms with Gasteiger partial charge in [0.1, 0.15) is 11.2 Å². The number of benzene rings is 10. The fourth-order valence-corrected chi connectivity index (χ4v) is 10.6. The molecule has 1 aliphatic carbocycles. The molecule has 0 unspecified atom stereocenters. The van der Waals surface area contributed by atoms with Crippen LogP contribution in [-0.4, -0.2) is 15.0 Å². The summed E-state index contributed by atoms with van der Waals surface area (Å²) in [4.78, 5) is 15.9. The Morgan fingerprint density at radius 1 is 0.279 bits per heavy atom. The summed E-state index contributed by atoms with van der Waals surface area (Å²) in [5.74, 6) is 1.76. The minimum Gasteiger partial charge on any atom is -0.456 e. The topological polar surface area (TPSA) is 51.8 Å². The number of rotatable bonds is 8. The van der Waals surface area contributed by atoms with Gasteiger partial charge in [-0.2, -0.15) is 0 Å². The highest BCUT2D eigenvalue weighted by atomic mass is 16.3. The predicted molar refractivity (Wildman–Crippen MR) is 277 cm³/mol. The monoisotopic (exact) mass is 867 g/mol. The van der Waals surface area contributed by atoms with E-state index >= 15 is 0 Å². The molecule has 0 fully saturated rings. The molecule has 4 nitrogen and oxygen atoms in total. The Morgan fingerprint density at radius 2 is 0.779 bits per heavy atom. The van der Waals surface area contributed by atoms with E-state index in [1.54, 1.807) is 0 Å². The molecule has 13 rings (SSSR count). The zero-order valence-corrected chi connectivity index (χ0v) is 36.9. The van der Waals surface area contributed by atoms with Gasteiger partial charge in [0.05, 0.1) is 5.41 Å². The van der Waals surface area contributed by atoms with Crippen molar-refractivity contribution in [1.82, 2.24) is 15.0 Å². The smallest absolute Gasteiger partial charge is 0.164 e. The lowest BCUT2D eigenvalue weighted by molar-refractivity contribution is 0.669. The standard InChI is InChI=1S/C64H41N3O/c1-5-19-42(20-6-1)44-23-17-24-47(39-44)61-65-62(53-31-14-13-29-50(53)43-21-7-2-8-22-43)67-63(66-61)54-32-18-34-59-60(54)55-40-45(36-38-58(55)68-59)46-35-37-52-51-30-15-16-33-56(51)64(57(52)41-46,48-25-9-3-10-26-48)49-27-11-4-12-28-49/h1-41H. The van der Waals surface area contributed by atoms with Gasteiger partial charge in [-0.25, -0.2) is 15.0 Å². The molecule has 4 heteroatoms. The van der Waals surface area contributed by atoms with Crippen molar-refractivity contribution in [2.24, 2.45) is 0 Å². The van der Waals surface area contributed by atoms with Gasteiger partial charge in [0.2, 0.25) is 0 Å². The third kappa shape index (κ3) is 6.41. The van der Waals surface area contributed by atoms with Crippen molar-refractivity contribution in [2.75, 3.05) is 0 Å². The minimum absolute atomic E-state index is 0.502. The Hall–Kier alpha value is -8.99. The Bertz CT molecular complexity index is 3800. The molecule has 1 aliphatic rings. The summed E-state index contributed by atoms with van der Waals surface area (Å²) >= 11 is 0. The van der Waals surface area contributed by atoms with Crippen LogP contribution in [0.4, 0.5) is 0 Å². The van der Waals surface area contributed by atoms with Crippen molar-refractivity contribution < 1.29 is 4.42 Å². The molecule has 318 valence electrons. The van der Waals surface area contributed by atoms with Gasteiger partial charge in [-0.1, -0.05) is 218 Å². The Labute approximate surface area is 394 Å². The molecule has 0 atom stereocenters. The van der Waals surface area contributed by atoms with E-state index in [-0.39, 0.29) is 0 Å². The van der Waals surface area contributed by atoms with Gasteiger partial charge in [-0.15, -0.1) is 0 Å². The molecule has 0 bridgehead atoms. The van der Waals surface area contributed by atoms with E-state index in [0.717, 1.165) is 72.0 Å². The van der Waals surface area contributed by atoms with Crippen molar-refractivity contribution in [3.8, 4) is 78.7 Å². The number of aromatic nitrogens is 3. The molecule has 0 saturated carbocycles. The van der Waals surface area contributed by atoms with Gasteiger partial charge in [-0.05, 0) is 97.1 Å². The first-order valence-corrected chi connectivity index (χ1v) is 23.1. The average Bonchev–Trinajstić information content (AvgIpc) is 3.95. The lowest BCUT2D eigenvalue weighted by Crippen LogP contribution is -2.28. The van der Waals surface area contributed by atoms with Crippen molar-refractivity contribution in [2.45, 2.75) is 5.41 Å². The first-order valence-electron chi connectivity index (χ1n) is 23.1. The lowest BCUT2D eigenvalue weighted by Gasteiger charge is -2.34. The molecule has 12 aromatic rings. The SMILES string of the molecule is c1ccc(-c2cccc(-c3nc(-c4ccccc4-c4ccccc4)nc(-c4cccc5oc6ccc(-c7ccc8c(c7)C(c7ccccc7)(c7ccccc7)c7ccccc7-8)cc6c45)n3)c2)cc1. The van der Waals surface area contributed by atoms with Crippen LogP contribution in [0, 0.1) is 0 Å². The molecule has 10 aromatic carbocycles. The number of hydrogen-bond acceptors (Lipinski definition) is 4. The zero-order chi connectivity index (χ0) is 45.0. The van der Waals surface area contributed by atoms with Crippen molar-refractivity contribution >= 4 is 21.9 Å². The van der Waals surface area contributed by atoms with E-state index in [2.05, 4.69) is 218 Å². The number of furan rings is 1. The maximum Gasteiger partial charge on any atom is 0.164 e. The fourth-order valence-electron chi connectivity index (χ4n) is 10.6. The van der Waals surface area contributed by atoms with Crippen LogP contribution in [-0.2, 0) is 5.41 Å². The van der Waals surface area contributed by atoms with Crippen LogP contribution in [0.3, 0.4) is 0 Å². The van der Waals surface area contributed by atoms with Crippen molar-refractivity contribution in [1.29, 1.82) is 0 Å². The second-order valence-electron chi connectivity index (χ2n) is 17.4. The van der Waals surface area contributed by atoms with Crippen LogP contribution in [0.5, 0.6) is 0 Å². The summed E-state index contributed by atoms with van der Waals surface area (Å²) in [6, 6.07) is 88.2. The minimum atomic E-state index is -0.502. The summed E-state index contributed by atoms with van der Waals surface area (Å²) in [5.41, 5.74) is 17.9. The maximum atomic E-state index is 6.67. The van der Waals surface area contributed by atoms with Crippen molar-refractivity contribution in [3.63, 3.8) is 0 Å². The molecule has 0 saturated heterocycles. The molecule has 68 heavy (non-hydrogen) atoms. The van der Waals surface area contributed by atoms with E-state index < -0.39 is 5.41 Å². The molecule has 0 amide bonds. The van der Waals surface area contributed by atoms with Gasteiger partial charge in [0.15, 0.2) is 17.5 Å². The molecule has 0 spiro atoms. The molecule has 0 N–H and O–H groups in total. The highest BCUT2D eigenvalue weighted by Crippen LogP contribution is 2.57. The first kappa shape index (κ1) is 39.4. The third-order valence-electron chi connectivity index (χ3n) is 13.6. The second-order valence-corrected chi connectivity index (χ2v) is 17.4. The Balaban J connectivity index is 1.00. The molecule has 2 aromatic heterocycles. The summed E-state index contributed by atoms with van der Waals surface area (Å²) in [6.07, 6.45) is 0. The van der Waals surface area contributed by atoms with E-state index in [9.17, 15) is 0 Å². The van der Waals surface area contributed by atoms with Crippen LogP contribution < -0.4 is 0 Å². The Kier molecular flexibility index (Phi) is 9.36. The summed E-state index contributed by atoms with van der Waals surface area (Å²) < 4.78 is 6.67. The average molecular weight is 868 g/mol. The van der Waals surface area contributed by atoms with Crippen LogP contribution in [0.1, 0.15) is 22.3 Å². The number of hydrogen-bond donors (Lipinski definition) is 0. The van der Waals surface area contributed by atoms with Crippen molar-refractivity contribution in [3.05, 3.63) is 271 Å². The first-order chi connectivity index (χ1) is 33.7. The third-order valence-corrected chi connectivity index (χ3v) is 13.6. The van der Waals surface area contributed by atoms with Gasteiger partial charge in [0, 0.05) is 27.5 Å². The predicted octanol–water partition coefficient (Wildman–Crippen LogP) is 16.1. The lowest BCUT2D eigenvalue weighted by atomic mass is 9.67. The zero-order valence-electron chi connectivity index (χ0n) is 36.9. The van der Waals surface area contributed by atoms with Gasteiger partial charge in [0.25, 0.3) is 0 Å². The molecule has 0 aliphatic heterocycles. The largest absolute Gasteiger partial charge is 0.456 e. The van der Waals surface area contributed by atoms with E-state index in [4.69, 9.17) is 19.4 Å². The normalized spacial score (nSPS) is 12.5. The van der Waals surface area contributed by atoms with Gasteiger partial charge < -0.3 is 4.42 Å². The molecule has 0 radical (unpaired) electrons. The van der Waals surface area contributed by atoms with Gasteiger partial charge in [-0.3, -0.25) is 0 Å².